The highest BCUT2D eigenvalue weighted by atomic mass is 16.5. The van der Waals surface area contributed by atoms with Gasteiger partial charge in [0.25, 0.3) is 0 Å². The zero-order chi connectivity index (χ0) is 11.9. The molecule has 0 saturated carbocycles. The topological polar surface area (TPSA) is 26.3 Å². The number of hydrogen-bond donors (Lipinski definition) is 0. The summed E-state index contributed by atoms with van der Waals surface area (Å²) >= 11 is 0. The summed E-state index contributed by atoms with van der Waals surface area (Å²) in [6, 6.07) is 5.84. The SMILES string of the molecule is CC(C)c1cccc2c1OC(C)(C)CC2=O. The predicted molar refractivity (Wildman–Crippen MR) is 64.2 cm³/mol. The molecule has 0 radical (unpaired) electrons. The number of ketones is 1. The Morgan fingerprint density at radius 2 is 2.00 bits per heavy atom. The summed E-state index contributed by atoms with van der Waals surface area (Å²) in [5.74, 6) is 1.35. The van der Waals surface area contributed by atoms with E-state index in [-0.39, 0.29) is 11.4 Å². The Morgan fingerprint density at radius 1 is 1.31 bits per heavy atom. The lowest BCUT2D eigenvalue weighted by Crippen LogP contribution is -2.36. The number of rotatable bonds is 1. The van der Waals surface area contributed by atoms with E-state index in [2.05, 4.69) is 13.8 Å². The van der Waals surface area contributed by atoms with Gasteiger partial charge in [0.2, 0.25) is 0 Å². The van der Waals surface area contributed by atoms with Crippen LogP contribution in [-0.4, -0.2) is 11.4 Å². The quantitative estimate of drug-likeness (QED) is 0.720. The van der Waals surface area contributed by atoms with E-state index in [4.69, 9.17) is 4.74 Å². The number of Topliss-reactive ketones (excluding diaryl/α,β-unsaturated/α-hetero) is 1. The molecule has 86 valence electrons. The lowest BCUT2D eigenvalue weighted by Gasteiger charge is -2.33. The molecule has 0 atom stereocenters. The number of carbonyl (C=O) groups excluding carboxylic acids is 1. The lowest BCUT2D eigenvalue weighted by atomic mass is 9.89. The van der Waals surface area contributed by atoms with Crippen molar-refractivity contribution in [1.82, 2.24) is 0 Å². The molecule has 1 heterocycles. The van der Waals surface area contributed by atoms with Crippen molar-refractivity contribution in [2.45, 2.75) is 45.6 Å². The lowest BCUT2D eigenvalue weighted by molar-refractivity contribution is 0.0612. The Hall–Kier alpha value is -1.31. The molecule has 2 nitrogen and oxygen atoms in total. The van der Waals surface area contributed by atoms with E-state index in [0.717, 1.165) is 16.9 Å². The zero-order valence-corrected chi connectivity index (χ0v) is 10.3. The molecule has 2 heteroatoms. The van der Waals surface area contributed by atoms with Gasteiger partial charge in [-0.3, -0.25) is 4.79 Å². The third-order valence-electron chi connectivity index (χ3n) is 2.93. The first kappa shape index (κ1) is 11.2. The Morgan fingerprint density at radius 3 is 2.62 bits per heavy atom. The Bertz CT molecular complexity index is 430. The molecule has 0 aromatic heterocycles. The molecule has 16 heavy (non-hydrogen) atoms. The zero-order valence-electron chi connectivity index (χ0n) is 10.3. The molecular weight excluding hydrogens is 200 g/mol. The van der Waals surface area contributed by atoms with Crippen LogP contribution in [0.25, 0.3) is 0 Å². The molecule has 1 aliphatic rings. The van der Waals surface area contributed by atoms with Crippen LogP contribution in [0.3, 0.4) is 0 Å². The van der Waals surface area contributed by atoms with Crippen molar-refractivity contribution in [1.29, 1.82) is 0 Å². The summed E-state index contributed by atoms with van der Waals surface area (Å²) in [6.45, 7) is 8.16. The minimum Gasteiger partial charge on any atom is -0.486 e. The van der Waals surface area contributed by atoms with Crippen LogP contribution < -0.4 is 4.74 Å². The molecule has 0 N–H and O–H groups in total. The first-order chi connectivity index (χ1) is 7.41. The van der Waals surface area contributed by atoms with E-state index in [1.54, 1.807) is 0 Å². The summed E-state index contributed by atoms with van der Waals surface area (Å²) in [4.78, 5) is 12.0. The maximum absolute atomic E-state index is 12.0. The van der Waals surface area contributed by atoms with Gasteiger partial charge in [-0.1, -0.05) is 26.0 Å². The fourth-order valence-electron chi connectivity index (χ4n) is 2.14. The van der Waals surface area contributed by atoms with Gasteiger partial charge >= 0.3 is 0 Å². The highest BCUT2D eigenvalue weighted by Gasteiger charge is 2.33. The number of para-hydroxylation sites is 1. The monoisotopic (exact) mass is 218 g/mol. The highest BCUT2D eigenvalue weighted by Crippen LogP contribution is 2.38. The first-order valence-corrected chi connectivity index (χ1v) is 5.76. The van der Waals surface area contributed by atoms with Gasteiger partial charge in [-0.2, -0.15) is 0 Å². The predicted octanol–water partition coefficient (Wildman–Crippen LogP) is 3.55. The van der Waals surface area contributed by atoms with E-state index < -0.39 is 0 Å². The number of carbonyl (C=O) groups is 1. The molecule has 0 saturated heterocycles. The molecule has 2 rings (SSSR count). The van der Waals surface area contributed by atoms with Gasteiger partial charge in [-0.05, 0) is 31.4 Å². The Labute approximate surface area is 96.6 Å². The average molecular weight is 218 g/mol. The third-order valence-corrected chi connectivity index (χ3v) is 2.93. The molecule has 1 aromatic carbocycles. The van der Waals surface area contributed by atoms with Gasteiger partial charge in [-0.25, -0.2) is 0 Å². The van der Waals surface area contributed by atoms with Gasteiger partial charge in [0, 0.05) is 0 Å². The minimum absolute atomic E-state index is 0.189. The largest absolute Gasteiger partial charge is 0.486 e. The van der Waals surface area contributed by atoms with E-state index >= 15 is 0 Å². The maximum atomic E-state index is 12.0. The highest BCUT2D eigenvalue weighted by molar-refractivity contribution is 6.00. The minimum atomic E-state index is -0.380. The van der Waals surface area contributed by atoms with Gasteiger partial charge in [0.05, 0.1) is 12.0 Å². The second-order valence-electron chi connectivity index (χ2n) is 5.34. The second kappa shape index (κ2) is 3.62. The van der Waals surface area contributed by atoms with Crippen LogP contribution in [0.15, 0.2) is 18.2 Å². The molecule has 0 spiro atoms. The van der Waals surface area contributed by atoms with Gasteiger partial charge in [0.1, 0.15) is 11.4 Å². The summed E-state index contributed by atoms with van der Waals surface area (Å²) in [6.07, 6.45) is 0.460. The Balaban J connectivity index is 2.57. The van der Waals surface area contributed by atoms with Crippen LogP contribution in [0.5, 0.6) is 5.75 Å². The van der Waals surface area contributed by atoms with Crippen molar-refractivity contribution in [2.75, 3.05) is 0 Å². The fourth-order valence-corrected chi connectivity index (χ4v) is 2.14. The van der Waals surface area contributed by atoms with Crippen molar-refractivity contribution in [2.24, 2.45) is 0 Å². The van der Waals surface area contributed by atoms with Crippen LogP contribution in [0, 0.1) is 0 Å². The molecule has 0 amide bonds. The van der Waals surface area contributed by atoms with Crippen LogP contribution in [-0.2, 0) is 0 Å². The van der Waals surface area contributed by atoms with Crippen molar-refractivity contribution < 1.29 is 9.53 Å². The smallest absolute Gasteiger partial charge is 0.170 e. The van der Waals surface area contributed by atoms with Gasteiger partial charge < -0.3 is 4.74 Å². The summed E-state index contributed by atoms with van der Waals surface area (Å²) < 4.78 is 5.96. The van der Waals surface area contributed by atoms with E-state index in [9.17, 15) is 4.79 Å². The standard InChI is InChI=1S/C14H18O2/c1-9(2)10-6-5-7-11-12(15)8-14(3,4)16-13(10)11/h5-7,9H,8H2,1-4H3. The summed E-state index contributed by atoms with van der Waals surface area (Å²) in [5.41, 5.74) is 1.49. The second-order valence-corrected chi connectivity index (χ2v) is 5.34. The third kappa shape index (κ3) is 1.84. The molecule has 1 aromatic rings. The van der Waals surface area contributed by atoms with Crippen molar-refractivity contribution in [3.05, 3.63) is 29.3 Å². The summed E-state index contributed by atoms with van der Waals surface area (Å²) in [5, 5.41) is 0. The number of benzene rings is 1. The van der Waals surface area contributed by atoms with E-state index in [0.29, 0.717) is 12.3 Å². The number of fused-ring (bicyclic) bond motifs is 1. The van der Waals surface area contributed by atoms with Crippen LogP contribution in [0.1, 0.15) is 56.0 Å². The van der Waals surface area contributed by atoms with Gasteiger partial charge in [0.15, 0.2) is 5.78 Å². The van der Waals surface area contributed by atoms with Crippen molar-refractivity contribution in [3.63, 3.8) is 0 Å². The molecule has 0 aliphatic carbocycles. The van der Waals surface area contributed by atoms with Gasteiger partial charge in [-0.15, -0.1) is 0 Å². The fraction of sp³-hybridized carbons (Fsp3) is 0.500. The number of ether oxygens (including phenoxy) is 1. The first-order valence-electron chi connectivity index (χ1n) is 5.76. The average Bonchev–Trinajstić information content (AvgIpc) is 2.14. The molecular formula is C14H18O2. The molecule has 0 bridgehead atoms. The maximum Gasteiger partial charge on any atom is 0.170 e. The van der Waals surface area contributed by atoms with E-state index in [1.165, 1.54) is 0 Å². The molecule has 0 unspecified atom stereocenters. The normalized spacial score (nSPS) is 18.2. The van der Waals surface area contributed by atoms with Crippen molar-refractivity contribution in [3.8, 4) is 5.75 Å². The van der Waals surface area contributed by atoms with Crippen LogP contribution >= 0.6 is 0 Å². The van der Waals surface area contributed by atoms with Crippen LogP contribution in [0.4, 0.5) is 0 Å². The summed E-state index contributed by atoms with van der Waals surface area (Å²) in [7, 11) is 0. The Kier molecular flexibility index (Phi) is 2.53. The molecule has 0 fully saturated rings. The van der Waals surface area contributed by atoms with E-state index in [1.807, 2.05) is 32.0 Å². The number of hydrogen-bond acceptors (Lipinski definition) is 2. The van der Waals surface area contributed by atoms with Crippen LogP contribution in [0.2, 0.25) is 0 Å². The molecule has 1 aliphatic heterocycles. The van der Waals surface area contributed by atoms with Crippen molar-refractivity contribution >= 4 is 5.78 Å².